The largest absolute Gasteiger partial charge is 0.330 e. The molecule has 1 saturated heterocycles. The number of hydrogen-bond acceptors (Lipinski definition) is 3. The highest BCUT2D eigenvalue weighted by molar-refractivity contribution is 7.89. The molecule has 1 aliphatic heterocycles. The van der Waals surface area contributed by atoms with Crippen molar-refractivity contribution in [2.45, 2.75) is 11.3 Å². The molecule has 19 heavy (non-hydrogen) atoms. The monoisotopic (exact) mass is 294 g/mol. The Morgan fingerprint density at radius 3 is 2.53 bits per heavy atom. The molecule has 1 unspecified atom stereocenters. The van der Waals surface area contributed by atoms with Crippen LogP contribution in [-0.2, 0) is 10.0 Å². The predicted octanol–water partition coefficient (Wildman–Crippen LogP) is 1.07. The highest BCUT2D eigenvalue weighted by Gasteiger charge is 2.34. The summed E-state index contributed by atoms with van der Waals surface area (Å²) in [6.07, 6.45) is 0.570. The number of nitrogens with zero attached hydrogens (tertiary/aromatic N) is 1. The first kappa shape index (κ1) is 14.3. The summed E-state index contributed by atoms with van der Waals surface area (Å²) < 4.78 is 64.8. The van der Waals surface area contributed by atoms with Crippen LogP contribution in [0.1, 0.15) is 6.42 Å². The van der Waals surface area contributed by atoms with Crippen LogP contribution in [0.15, 0.2) is 17.0 Å². The van der Waals surface area contributed by atoms with Crippen molar-refractivity contribution in [2.75, 3.05) is 19.6 Å². The lowest BCUT2D eigenvalue weighted by Crippen LogP contribution is -2.30. The van der Waals surface area contributed by atoms with Gasteiger partial charge in [0, 0.05) is 13.1 Å². The van der Waals surface area contributed by atoms with Gasteiger partial charge in [-0.25, -0.2) is 21.6 Å². The summed E-state index contributed by atoms with van der Waals surface area (Å²) in [5.41, 5.74) is 5.45. The lowest BCUT2D eigenvalue weighted by molar-refractivity contribution is 0.420. The van der Waals surface area contributed by atoms with Gasteiger partial charge >= 0.3 is 0 Å². The quantitative estimate of drug-likeness (QED) is 0.848. The number of nitrogens with two attached hydrogens (primary N) is 1. The van der Waals surface area contributed by atoms with Crippen molar-refractivity contribution >= 4 is 10.0 Å². The molecule has 0 saturated carbocycles. The van der Waals surface area contributed by atoms with Crippen LogP contribution in [-0.4, -0.2) is 32.4 Å². The third kappa shape index (κ3) is 2.47. The second-order valence-electron chi connectivity index (χ2n) is 4.43. The molecule has 0 aromatic heterocycles. The van der Waals surface area contributed by atoms with Gasteiger partial charge in [0.05, 0.1) is 0 Å². The zero-order valence-electron chi connectivity index (χ0n) is 9.94. The first-order valence-electron chi connectivity index (χ1n) is 5.71. The van der Waals surface area contributed by atoms with E-state index in [1.165, 1.54) is 0 Å². The minimum absolute atomic E-state index is 0.00290. The Morgan fingerprint density at radius 1 is 1.26 bits per heavy atom. The normalized spacial score (nSPS) is 20.9. The van der Waals surface area contributed by atoms with Crippen molar-refractivity contribution in [1.82, 2.24) is 4.31 Å². The lowest BCUT2D eigenvalue weighted by Gasteiger charge is -2.17. The zero-order chi connectivity index (χ0) is 14.2. The minimum atomic E-state index is -4.16. The topological polar surface area (TPSA) is 63.4 Å². The summed E-state index contributed by atoms with van der Waals surface area (Å²) in [5, 5.41) is 0. The van der Waals surface area contributed by atoms with Gasteiger partial charge in [-0.1, -0.05) is 0 Å². The van der Waals surface area contributed by atoms with Crippen LogP contribution in [0.2, 0.25) is 0 Å². The van der Waals surface area contributed by atoms with Gasteiger partial charge in [-0.3, -0.25) is 0 Å². The van der Waals surface area contributed by atoms with Gasteiger partial charge in [0.2, 0.25) is 10.0 Å². The Hall–Kier alpha value is -1.12. The van der Waals surface area contributed by atoms with Crippen molar-refractivity contribution in [2.24, 2.45) is 11.7 Å². The van der Waals surface area contributed by atoms with E-state index >= 15 is 0 Å². The van der Waals surface area contributed by atoms with Gasteiger partial charge in [0.25, 0.3) is 0 Å². The highest BCUT2D eigenvalue weighted by atomic mass is 32.2. The molecule has 1 heterocycles. The number of sulfonamides is 1. The van der Waals surface area contributed by atoms with Crippen LogP contribution in [0.4, 0.5) is 13.2 Å². The Balaban J connectivity index is 2.38. The van der Waals surface area contributed by atoms with E-state index in [-0.39, 0.29) is 19.0 Å². The van der Waals surface area contributed by atoms with Crippen molar-refractivity contribution in [1.29, 1.82) is 0 Å². The van der Waals surface area contributed by atoms with E-state index in [9.17, 15) is 21.6 Å². The third-order valence-electron chi connectivity index (χ3n) is 3.20. The van der Waals surface area contributed by atoms with E-state index in [0.717, 1.165) is 10.4 Å². The molecule has 2 rings (SSSR count). The SMILES string of the molecule is NCC1CCN(S(=O)(=O)c2ccc(F)c(F)c2F)C1. The number of halogens is 3. The molecule has 0 bridgehead atoms. The average Bonchev–Trinajstić information content (AvgIpc) is 2.85. The maximum atomic E-state index is 13.5. The predicted molar refractivity (Wildman–Crippen MR) is 62.2 cm³/mol. The first-order chi connectivity index (χ1) is 8.87. The van der Waals surface area contributed by atoms with Gasteiger partial charge in [0.15, 0.2) is 17.5 Å². The maximum absolute atomic E-state index is 13.5. The Labute approximate surface area is 109 Å². The first-order valence-corrected chi connectivity index (χ1v) is 7.15. The van der Waals surface area contributed by atoms with E-state index in [1.807, 2.05) is 0 Å². The fraction of sp³-hybridized carbons (Fsp3) is 0.455. The molecule has 2 N–H and O–H groups in total. The standard InChI is InChI=1S/C11H13F3N2O2S/c12-8-1-2-9(11(14)10(8)13)19(17,18)16-4-3-7(5-15)6-16/h1-2,7H,3-6,15H2. The van der Waals surface area contributed by atoms with Gasteiger partial charge in [-0.2, -0.15) is 4.31 Å². The fourth-order valence-electron chi connectivity index (χ4n) is 2.05. The van der Waals surface area contributed by atoms with Crippen LogP contribution in [0.25, 0.3) is 0 Å². The molecule has 0 radical (unpaired) electrons. The summed E-state index contributed by atoms with van der Waals surface area (Å²) in [6.45, 7) is 0.687. The zero-order valence-corrected chi connectivity index (χ0v) is 10.8. The van der Waals surface area contributed by atoms with Crippen molar-refractivity contribution < 1.29 is 21.6 Å². The molecule has 1 atom stereocenters. The molecular formula is C11H13F3N2O2S. The Bertz CT molecular complexity index is 592. The lowest BCUT2D eigenvalue weighted by atomic mass is 10.1. The van der Waals surface area contributed by atoms with Crippen LogP contribution in [0, 0.1) is 23.4 Å². The smallest absolute Gasteiger partial charge is 0.246 e. The van der Waals surface area contributed by atoms with E-state index in [0.29, 0.717) is 19.0 Å². The second kappa shape index (κ2) is 5.10. The molecule has 0 spiro atoms. The molecule has 1 aromatic carbocycles. The summed E-state index contributed by atoms with van der Waals surface area (Å²) >= 11 is 0. The summed E-state index contributed by atoms with van der Waals surface area (Å²) in [5.74, 6) is -4.88. The van der Waals surface area contributed by atoms with Crippen molar-refractivity contribution in [3.05, 3.63) is 29.6 Å². The van der Waals surface area contributed by atoms with Gasteiger partial charge in [-0.05, 0) is 31.0 Å². The third-order valence-corrected chi connectivity index (χ3v) is 5.08. The maximum Gasteiger partial charge on any atom is 0.246 e. The van der Waals surface area contributed by atoms with E-state index in [2.05, 4.69) is 0 Å². The van der Waals surface area contributed by atoms with E-state index < -0.39 is 32.4 Å². The summed E-state index contributed by atoms with van der Waals surface area (Å²) in [6, 6.07) is 1.33. The molecule has 0 amide bonds. The molecule has 0 aliphatic carbocycles. The molecule has 1 aromatic rings. The van der Waals surface area contributed by atoms with E-state index in [1.54, 1.807) is 0 Å². The van der Waals surface area contributed by atoms with Gasteiger partial charge in [-0.15, -0.1) is 0 Å². The van der Waals surface area contributed by atoms with Crippen LogP contribution in [0.5, 0.6) is 0 Å². The molecule has 1 fully saturated rings. The minimum Gasteiger partial charge on any atom is -0.330 e. The van der Waals surface area contributed by atoms with Gasteiger partial charge < -0.3 is 5.73 Å². The number of benzene rings is 1. The summed E-state index contributed by atoms with van der Waals surface area (Å²) in [7, 11) is -4.16. The average molecular weight is 294 g/mol. The molecule has 4 nitrogen and oxygen atoms in total. The van der Waals surface area contributed by atoms with Crippen LogP contribution in [0.3, 0.4) is 0 Å². The molecule has 1 aliphatic rings. The fourth-order valence-corrected chi connectivity index (χ4v) is 3.64. The molecule has 106 valence electrons. The van der Waals surface area contributed by atoms with Crippen LogP contribution >= 0.6 is 0 Å². The molecule has 8 heteroatoms. The Kier molecular flexibility index (Phi) is 3.84. The molecular weight excluding hydrogens is 281 g/mol. The van der Waals surface area contributed by atoms with Crippen LogP contribution < -0.4 is 5.73 Å². The van der Waals surface area contributed by atoms with E-state index in [4.69, 9.17) is 5.73 Å². The number of hydrogen-bond donors (Lipinski definition) is 1. The highest BCUT2D eigenvalue weighted by Crippen LogP contribution is 2.27. The second-order valence-corrected chi connectivity index (χ2v) is 6.33. The van der Waals surface area contributed by atoms with Crippen molar-refractivity contribution in [3.8, 4) is 0 Å². The number of rotatable bonds is 3. The van der Waals surface area contributed by atoms with Gasteiger partial charge in [0.1, 0.15) is 4.90 Å². The summed E-state index contributed by atoms with van der Waals surface area (Å²) in [4.78, 5) is -0.843. The van der Waals surface area contributed by atoms with Crippen molar-refractivity contribution in [3.63, 3.8) is 0 Å². The Morgan fingerprint density at radius 2 is 1.95 bits per heavy atom.